The molecule has 0 spiro atoms. The summed E-state index contributed by atoms with van der Waals surface area (Å²) in [6, 6.07) is 0. The zero-order valence-corrected chi connectivity index (χ0v) is 10.8. The van der Waals surface area contributed by atoms with Gasteiger partial charge in [-0.15, -0.1) is 29.7 Å². The molecular formula is C11H10N2O2S2. The van der Waals surface area contributed by atoms with E-state index < -0.39 is 5.97 Å². The number of carboxylic acid groups (broad SMARTS) is 1. The number of carboxylic acids is 1. The third kappa shape index (κ3) is 2.18. The standard InChI is InChI=1S/C11H10N2O2S2/c1-3-4-16-9-7-6(2)8(11(14)15)17-10(7)13-5-12-9/h3,5H,1,4H2,2H3,(H,14,15). The van der Waals surface area contributed by atoms with Crippen LogP contribution in [-0.4, -0.2) is 26.8 Å². The topological polar surface area (TPSA) is 63.1 Å². The van der Waals surface area contributed by atoms with Crippen LogP contribution in [0.3, 0.4) is 0 Å². The van der Waals surface area contributed by atoms with Gasteiger partial charge in [0.25, 0.3) is 0 Å². The molecular weight excluding hydrogens is 256 g/mol. The number of thioether (sulfide) groups is 1. The summed E-state index contributed by atoms with van der Waals surface area (Å²) in [5, 5.41) is 10.7. The Labute approximate surface area is 106 Å². The lowest BCUT2D eigenvalue weighted by Gasteiger charge is -2.00. The molecule has 0 saturated carbocycles. The van der Waals surface area contributed by atoms with Gasteiger partial charge in [-0.25, -0.2) is 14.8 Å². The lowest BCUT2D eigenvalue weighted by Crippen LogP contribution is -1.94. The van der Waals surface area contributed by atoms with E-state index in [0.29, 0.717) is 4.88 Å². The molecule has 4 nitrogen and oxygen atoms in total. The van der Waals surface area contributed by atoms with Crippen LogP contribution in [0.25, 0.3) is 10.2 Å². The van der Waals surface area contributed by atoms with Crippen molar-refractivity contribution in [1.82, 2.24) is 9.97 Å². The van der Waals surface area contributed by atoms with Gasteiger partial charge in [-0.05, 0) is 12.5 Å². The van der Waals surface area contributed by atoms with Crippen LogP contribution < -0.4 is 0 Å². The fraction of sp³-hybridized carbons (Fsp3) is 0.182. The predicted molar refractivity (Wildman–Crippen MR) is 70.0 cm³/mol. The maximum atomic E-state index is 11.1. The van der Waals surface area contributed by atoms with Gasteiger partial charge in [-0.3, -0.25) is 0 Å². The third-order valence-corrected chi connectivity index (χ3v) is 4.40. The number of nitrogens with zero attached hydrogens (tertiary/aromatic N) is 2. The molecule has 0 aliphatic carbocycles. The van der Waals surface area contributed by atoms with Crippen molar-refractivity contribution in [3.05, 3.63) is 29.4 Å². The van der Waals surface area contributed by atoms with Crippen molar-refractivity contribution in [3.8, 4) is 0 Å². The van der Waals surface area contributed by atoms with Crippen LogP contribution in [0, 0.1) is 6.92 Å². The molecule has 0 aliphatic rings. The minimum Gasteiger partial charge on any atom is -0.477 e. The monoisotopic (exact) mass is 266 g/mol. The molecule has 0 saturated heterocycles. The fourth-order valence-electron chi connectivity index (χ4n) is 1.49. The van der Waals surface area contributed by atoms with Gasteiger partial charge in [0.2, 0.25) is 0 Å². The zero-order valence-electron chi connectivity index (χ0n) is 9.14. The van der Waals surface area contributed by atoms with E-state index in [1.807, 2.05) is 0 Å². The fourth-order valence-corrected chi connectivity index (χ4v) is 3.33. The number of hydrogen-bond donors (Lipinski definition) is 1. The molecule has 0 radical (unpaired) electrons. The number of thiophene rings is 1. The van der Waals surface area contributed by atoms with Gasteiger partial charge in [-0.1, -0.05) is 6.08 Å². The van der Waals surface area contributed by atoms with Gasteiger partial charge in [0.15, 0.2) is 0 Å². The van der Waals surface area contributed by atoms with Crippen molar-refractivity contribution in [1.29, 1.82) is 0 Å². The lowest BCUT2D eigenvalue weighted by atomic mass is 10.2. The molecule has 0 fully saturated rings. The molecule has 0 amide bonds. The average molecular weight is 266 g/mol. The Hall–Kier alpha value is -1.40. The largest absolute Gasteiger partial charge is 0.477 e. The Bertz CT molecular complexity index is 592. The van der Waals surface area contributed by atoms with Gasteiger partial charge in [-0.2, -0.15) is 0 Å². The quantitative estimate of drug-likeness (QED) is 0.523. The van der Waals surface area contributed by atoms with E-state index >= 15 is 0 Å². The van der Waals surface area contributed by atoms with E-state index in [4.69, 9.17) is 5.11 Å². The van der Waals surface area contributed by atoms with E-state index in [2.05, 4.69) is 16.5 Å². The highest BCUT2D eigenvalue weighted by atomic mass is 32.2. The maximum Gasteiger partial charge on any atom is 0.346 e. The van der Waals surface area contributed by atoms with Crippen LogP contribution in [0.1, 0.15) is 15.2 Å². The SMILES string of the molecule is C=CCSc1ncnc2sc(C(=O)O)c(C)c12. The summed E-state index contributed by atoms with van der Waals surface area (Å²) in [7, 11) is 0. The lowest BCUT2D eigenvalue weighted by molar-refractivity contribution is 0.0701. The van der Waals surface area contributed by atoms with Crippen LogP contribution in [0.15, 0.2) is 24.0 Å². The molecule has 2 rings (SSSR count). The number of fused-ring (bicyclic) bond motifs is 1. The van der Waals surface area contributed by atoms with Crippen molar-refractivity contribution >= 4 is 39.3 Å². The molecule has 2 heterocycles. The molecule has 0 atom stereocenters. The molecule has 88 valence electrons. The summed E-state index contributed by atoms with van der Waals surface area (Å²) in [6.07, 6.45) is 3.26. The summed E-state index contributed by atoms with van der Waals surface area (Å²) < 4.78 is 0. The summed E-state index contributed by atoms with van der Waals surface area (Å²) >= 11 is 2.72. The van der Waals surface area contributed by atoms with Crippen molar-refractivity contribution in [2.45, 2.75) is 11.9 Å². The second-order valence-electron chi connectivity index (χ2n) is 3.32. The summed E-state index contributed by atoms with van der Waals surface area (Å²) in [5.74, 6) is -0.172. The van der Waals surface area contributed by atoms with Gasteiger partial charge in [0, 0.05) is 11.1 Å². The summed E-state index contributed by atoms with van der Waals surface area (Å²) in [4.78, 5) is 20.4. The van der Waals surface area contributed by atoms with Crippen LogP contribution in [0.5, 0.6) is 0 Å². The molecule has 1 N–H and O–H groups in total. The van der Waals surface area contributed by atoms with Crippen LogP contribution >= 0.6 is 23.1 Å². The van der Waals surface area contributed by atoms with Gasteiger partial charge in [0.05, 0.1) is 0 Å². The predicted octanol–water partition coefficient (Wildman–Crippen LogP) is 2.98. The molecule has 0 bridgehead atoms. The number of rotatable bonds is 4. The highest BCUT2D eigenvalue weighted by molar-refractivity contribution is 7.99. The first-order valence-electron chi connectivity index (χ1n) is 4.86. The first-order valence-corrected chi connectivity index (χ1v) is 6.66. The zero-order chi connectivity index (χ0) is 12.4. The Kier molecular flexibility index (Phi) is 3.44. The first kappa shape index (κ1) is 12.1. The van der Waals surface area contributed by atoms with Crippen molar-refractivity contribution < 1.29 is 9.90 Å². The minimum atomic E-state index is -0.912. The molecule has 2 aromatic heterocycles. The Balaban J connectivity index is 2.62. The second kappa shape index (κ2) is 4.85. The molecule has 0 aromatic carbocycles. The Morgan fingerprint density at radius 1 is 1.65 bits per heavy atom. The molecule has 17 heavy (non-hydrogen) atoms. The Morgan fingerprint density at radius 2 is 2.41 bits per heavy atom. The van der Waals surface area contributed by atoms with Gasteiger partial charge < -0.3 is 5.11 Å². The van der Waals surface area contributed by atoms with Crippen molar-refractivity contribution in [2.24, 2.45) is 0 Å². The summed E-state index contributed by atoms with van der Waals surface area (Å²) in [6.45, 7) is 5.45. The minimum absolute atomic E-state index is 0.334. The van der Waals surface area contributed by atoms with E-state index in [9.17, 15) is 4.79 Å². The maximum absolute atomic E-state index is 11.1. The first-order chi connectivity index (χ1) is 8.15. The molecule has 0 unspecified atom stereocenters. The molecule has 0 aliphatic heterocycles. The van der Waals surface area contributed by atoms with Gasteiger partial charge in [0.1, 0.15) is 21.1 Å². The highest BCUT2D eigenvalue weighted by Gasteiger charge is 2.18. The molecule has 2 aromatic rings. The third-order valence-electron chi connectivity index (χ3n) is 2.22. The number of carbonyl (C=O) groups is 1. The van der Waals surface area contributed by atoms with E-state index in [1.165, 1.54) is 29.4 Å². The number of aryl methyl sites for hydroxylation is 1. The van der Waals surface area contributed by atoms with Crippen LogP contribution in [0.2, 0.25) is 0 Å². The number of aromatic nitrogens is 2. The smallest absolute Gasteiger partial charge is 0.346 e. The molecule has 6 heteroatoms. The highest BCUT2D eigenvalue weighted by Crippen LogP contribution is 2.34. The van der Waals surface area contributed by atoms with Crippen LogP contribution in [-0.2, 0) is 0 Å². The van der Waals surface area contributed by atoms with Crippen LogP contribution in [0.4, 0.5) is 0 Å². The van der Waals surface area contributed by atoms with Crippen molar-refractivity contribution in [2.75, 3.05) is 5.75 Å². The summed E-state index contributed by atoms with van der Waals surface area (Å²) in [5.41, 5.74) is 0.740. The number of aromatic carboxylic acids is 1. The Morgan fingerprint density at radius 3 is 3.06 bits per heavy atom. The average Bonchev–Trinajstić information content (AvgIpc) is 2.65. The second-order valence-corrected chi connectivity index (χ2v) is 5.33. The normalized spacial score (nSPS) is 10.6. The van der Waals surface area contributed by atoms with Gasteiger partial charge >= 0.3 is 5.97 Å². The van der Waals surface area contributed by atoms with E-state index in [1.54, 1.807) is 13.0 Å². The number of hydrogen-bond acceptors (Lipinski definition) is 5. The van der Waals surface area contributed by atoms with E-state index in [-0.39, 0.29) is 0 Å². The van der Waals surface area contributed by atoms with E-state index in [0.717, 1.165) is 26.6 Å². The van der Waals surface area contributed by atoms with Crippen molar-refractivity contribution in [3.63, 3.8) is 0 Å².